The molecular weight excluding hydrogens is 548 g/mol. The standard InChI is InChI=1S/C41H28N4/c1-3-13-29(14-4-1)43(30-15-5-2-6-16-30)31-22-24-39-35(27-31)33-17-7-9-19-37(33)44(39)32-23-25-40-36(28-32)34-18-8-10-20-38(34)45(40)41-21-11-12-26-42-41/h1-28H. The molecule has 0 bridgehead atoms. The van der Waals surface area contributed by atoms with Crippen molar-refractivity contribution in [2.45, 2.75) is 0 Å². The summed E-state index contributed by atoms with van der Waals surface area (Å²) in [6, 6.07) is 58.2. The van der Waals surface area contributed by atoms with Gasteiger partial charge in [0, 0.05) is 50.5 Å². The van der Waals surface area contributed by atoms with Crippen LogP contribution in [-0.2, 0) is 0 Å². The van der Waals surface area contributed by atoms with Crippen LogP contribution in [0.3, 0.4) is 0 Å². The third-order valence-corrected chi connectivity index (χ3v) is 8.74. The van der Waals surface area contributed by atoms with Crippen molar-refractivity contribution >= 4 is 60.7 Å². The fourth-order valence-corrected chi connectivity index (χ4v) is 6.81. The number of pyridine rings is 1. The summed E-state index contributed by atoms with van der Waals surface area (Å²) in [5, 5.41) is 4.86. The maximum Gasteiger partial charge on any atom is 0.137 e. The SMILES string of the molecule is c1ccc(N(c2ccccc2)c2ccc3c(c2)c2ccccc2n3-c2ccc3c(c2)c2ccccc2n3-c2ccccn2)cc1. The quantitative estimate of drug-likeness (QED) is 0.204. The molecule has 3 heterocycles. The van der Waals surface area contributed by atoms with E-state index in [0.717, 1.165) is 39.6 Å². The molecule has 0 unspecified atom stereocenters. The fraction of sp³-hybridized carbons (Fsp3) is 0. The number of anilines is 3. The van der Waals surface area contributed by atoms with Crippen molar-refractivity contribution in [2.24, 2.45) is 0 Å². The minimum Gasteiger partial charge on any atom is -0.310 e. The van der Waals surface area contributed by atoms with Crippen molar-refractivity contribution in [3.63, 3.8) is 0 Å². The third kappa shape index (κ3) is 4.04. The fourth-order valence-electron chi connectivity index (χ4n) is 6.81. The van der Waals surface area contributed by atoms with E-state index in [-0.39, 0.29) is 0 Å². The topological polar surface area (TPSA) is 26.0 Å². The minimum absolute atomic E-state index is 0.919. The molecule has 45 heavy (non-hydrogen) atoms. The molecule has 0 fully saturated rings. The van der Waals surface area contributed by atoms with Crippen LogP contribution in [0.15, 0.2) is 170 Å². The summed E-state index contributed by atoms with van der Waals surface area (Å²) in [4.78, 5) is 7.02. The van der Waals surface area contributed by atoms with E-state index < -0.39 is 0 Å². The molecule has 9 aromatic rings. The predicted molar refractivity (Wildman–Crippen MR) is 188 cm³/mol. The number of hydrogen-bond acceptors (Lipinski definition) is 2. The van der Waals surface area contributed by atoms with Crippen LogP contribution in [0.1, 0.15) is 0 Å². The first-order valence-corrected chi connectivity index (χ1v) is 15.2. The first-order chi connectivity index (χ1) is 22.3. The van der Waals surface area contributed by atoms with E-state index in [1.165, 1.54) is 32.6 Å². The molecule has 0 N–H and O–H groups in total. The van der Waals surface area contributed by atoms with Gasteiger partial charge < -0.3 is 9.47 Å². The van der Waals surface area contributed by atoms with Gasteiger partial charge in [-0.05, 0) is 84.9 Å². The van der Waals surface area contributed by atoms with E-state index in [1.54, 1.807) is 0 Å². The van der Waals surface area contributed by atoms with Gasteiger partial charge in [-0.25, -0.2) is 4.98 Å². The molecule has 0 saturated carbocycles. The molecule has 0 aliphatic rings. The molecule has 9 rings (SSSR count). The van der Waals surface area contributed by atoms with Crippen LogP contribution in [0, 0.1) is 0 Å². The van der Waals surface area contributed by atoms with Crippen molar-refractivity contribution in [1.29, 1.82) is 0 Å². The van der Waals surface area contributed by atoms with Gasteiger partial charge in [0.25, 0.3) is 0 Å². The van der Waals surface area contributed by atoms with Gasteiger partial charge in [-0.2, -0.15) is 0 Å². The lowest BCUT2D eigenvalue weighted by Gasteiger charge is -2.25. The summed E-state index contributed by atoms with van der Waals surface area (Å²) < 4.78 is 4.66. The molecule has 0 saturated heterocycles. The van der Waals surface area contributed by atoms with Crippen LogP contribution in [-0.4, -0.2) is 14.1 Å². The Kier molecular flexibility index (Phi) is 5.78. The highest BCUT2D eigenvalue weighted by atomic mass is 15.1. The van der Waals surface area contributed by atoms with Crippen LogP contribution < -0.4 is 4.90 Å². The zero-order chi connectivity index (χ0) is 29.7. The van der Waals surface area contributed by atoms with Crippen LogP contribution in [0.4, 0.5) is 17.1 Å². The normalized spacial score (nSPS) is 11.6. The van der Waals surface area contributed by atoms with Crippen LogP contribution in [0.2, 0.25) is 0 Å². The third-order valence-electron chi connectivity index (χ3n) is 8.74. The Morgan fingerprint density at radius 2 is 0.911 bits per heavy atom. The summed E-state index contributed by atoms with van der Waals surface area (Å²) in [5.74, 6) is 0.919. The van der Waals surface area contributed by atoms with E-state index in [9.17, 15) is 0 Å². The molecule has 0 amide bonds. The molecule has 0 radical (unpaired) electrons. The highest BCUT2D eigenvalue weighted by Gasteiger charge is 2.19. The summed E-state index contributed by atoms with van der Waals surface area (Å²) >= 11 is 0. The van der Waals surface area contributed by atoms with Gasteiger partial charge >= 0.3 is 0 Å². The largest absolute Gasteiger partial charge is 0.310 e. The van der Waals surface area contributed by atoms with Crippen molar-refractivity contribution in [1.82, 2.24) is 14.1 Å². The molecule has 0 aliphatic carbocycles. The van der Waals surface area contributed by atoms with Gasteiger partial charge in [-0.1, -0.05) is 78.9 Å². The zero-order valence-electron chi connectivity index (χ0n) is 24.5. The number of aromatic nitrogens is 3. The second kappa shape index (κ2) is 10.2. The number of para-hydroxylation sites is 4. The lowest BCUT2D eigenvalue weighted by atomic mass is 10.1. The highest BCUT2D eigenvalue weighted by molar-refractivity contribution is 6.13. The van der Waals surface area contributed by atoms with Gasteiger partial charge in [0.15, 0.2) is 0 Å². The van der Waals surface area contributed by atoms with Gasteiger partial charge in [-0.15, -0.1) is 0 Å². The lowest BCUT2D eigenvalue weighted by molar-refractivity contribution is 1.08. The molecule has 4 nitrogen and oxygen atoms in total. The summed E-state index contributed by atoms with van der Waals surface area (Å²) in [6.45, 7) is 0. The van der Waals surface area contributed by atoms with Crippen molar-refractivity contribution in [2.75, 3.05) is 4.90 Å². The molecule has 0 spiro atoms. The van der Waals surface area contributed by atoms with Crippen molar-refractivity contribution < 1.29 is 0 Å². The van der Waals surface area contributed by atoms with Crippen molar-refractivity contribution in [3.8, 4) is 11.5 Å². The van der Waals surface area contributed by atoms with Gasteiger partial charge in [-0.3, -0.25) is 4.57 Å². The molecule has 6 aromatic carbocycles. The molecule has 3 aromatic heterocycles. The molecule has 0 atom stereocenters. The molecule has 212 valence electrons. The van der Waals surface area contributed by atoms with E-state index >= 15 is 0 Å². The van der Waals surface area contributed by atoms with E-state index in [2.05, 4.69) is 166 Å². The van der Waals surface area contributed by atoms with Crippen LogP contribution >= 0.6 is 0 Å². The Hall–Kier alpha value is -6.13. The zero-order valence-corrected chi connectivity index (χ0v) is 24.5. The highest BCUT2D eigenvalue weighted by Crippen LogP contribution is 2.40. The number of hydrogen-bond donors (Lipinski definition) is 0. The van der Waals surface area contributed by atoms with Crippen LogP contribution in [0.25, 0.3) is 55.1 Å². The first-order valence-electron chi connectivity index (χ1n) is 15.2. The summed E-state index contributed by atoms with van der Waals surface area (Å²) in [6.07, 6.45) is 1.85. The van der Waals surface area contributed by atoms with Gasteiger partial charge in [0.2, 0.25) is 0 Å². The summed E-state index contributed by atoms with van der Waals surface area (Å²) in [7, 11) is 0. The van der Waals surface area contributed by atoms with Crippen LogP contribution in [0.5, 0.6) is 0 Å². The Labute approximate surface area is 260 Å². The van der Waals surface area contributed by atoms with E-state index in [4.69, 9.17) is 4.98 Å². The number of rotatable bonds is 5. The van der Waals surface area contributed by atoms with Gasteiger partial charge in [0.1, 0.15) is 5.82 Å². The second-order valence-electron chi connectivity index (χ2n) is 11.3. The number of nitrogens with zero attached hydrogens (tertiary/aromatic N) is 4. The Morgan fingerprint density at radius 3 is 1.58 bits per heavy atom. The Bertz CT molecular complexity index is 2440. The molecule has 0 aliphatic heterocycles. The maximum absolute atomic E-state index is 4.70. The monoisotopic (exact) mass is 576 g/mol. The first kappa shape index (κ1) is 25.4. The number of fused-ring (bicyclic) bond motifs is 6. The average molecular weight is 577 g/mol. The lowest BCUT2D eigenvalue weighted by Crippen LogP contribution is -2.09. The number of benzene rings is 6. The second-order valence-corrected chi connectivity index (χ2v) is 11.3. The predicted octanol–water partition coefficient (Wildman–Crippen LogP) is 10.7. The van der Waals surface area contributed by atoms with E-state index in [1.807, 2.05) is 18.3 Å². The smallest absolute Gasteiger partial charge is 0.137 e. The average Bonchev–Trinajstić information content (AvgIpc) is 3.62. The Morgan fingerprint density at radius 1 is 0.378 bits per heavy atom. The molecular formula is C41H28N4. The van der Waals surface area contributed by atoms with E-state index in [0.29, 0.717) is 0 Å². The van der Waals surface area contributed by atoms with Gasteiger partial charge in [0.05, 0.1) is 22.1 Å². The van der Waals surface area contributed by atoms with Crippen molar-refractivity contribution in [3.05, 3.63) is 170 Å². The minimum atomic E-state index is 0.919. The Balaban J connectivity index is 1.28. The maximum atomic E-state index is 4.70. The molecule has 4 heteroatoms. The summed E-state index contributed by atoms with van der Waals surface area (Å²) in [5.41, 5.74) is 9.16.